The van der Waals surface area contributed by atoms with Crippen LogP contribution in [0, 0.1) is 11.3 Å². The standard InChI is InChI=1S/C19H19N3O3S/c1-21(2)12-11-18(23)15-8-6-9-17(13-15)22(3)26(24,25)19-10-5-4-7-16(19)14-20/h4-13H,1-3H3/b12-11+. The highest BCUT2D eigenvalue weighted by Crippen LogP contribution is 2.25. The second-order valence-corrected chi connectivity index (χ2v) is 7.71. The number of sulfonamides is 1. The van der Waals surface area contributed by atoms with Crippen LogP contribution < -0.4 is 4.31 Å². The van der Waals surface area contributed by atoms with Crippen LogP contribution in [0.5, 0.6) is 0 Å². The largest absolute Gasteiger partial charge is 0.383 e. The van der Waals surface area contributed by atoms with Crippen molar-refractivity contribution in [3.05, 3.63) is 71.9 Å². The van der Waals surface area contributed by atoms with Crippen LogP contribution in [0.25, 0.3) is 0 Å². The van der Waals surface area contributed by atoms with Crippen molar-refractivity contribution in [1.29, 1.82) is 5.26 Å². The minimum absolute atomic E-state index is 0.0699. The number of carbonyl (C=O) groups excluding carboxylic acids is 1. The topological polar surface area (TPSA) is 81.5 Å². The molecule has 0 radical (unpaired) electrons. The summed E-state index contributed by atoms with van der Waals surface area (Å²) < 4.78 is 26.8. The van der Waals surface area contributed by atoms with E-state index in [9.17, 15) is 13.2 Å². The number of anilines is 1. The van der Waals surface area contributed by atoms with Crippen LogP contribution in [0.1, 0.15) is 15.9 Å². The van der Waals surface area contributed by atoms with Gasteiger partial charge in [0.1, 0.15) is 11.0 Å². The van der Waals surface area contributed by atoms with Crippen LogP contribution in [0.2, 0.25) is 0 Å². The summed E-state index contributed by atoms with van der Waals surface area (Å²) in [6.07, 6.45) is 3.04. The van der Waals surface area contributed by atoms with Crippen molar-refractivity contribution in [2.75, 3.05) is 25.4 Å². The zero-order chi connectivity index (χ0) is 19.3. The maximum atomic E-state index is 12.9. The maximum Gasteiger partial charge on any atom is 0.265 e. The second kappa shape index (κ2) is 7.85. The molecule has 0 aliphatic carbocycles. The van der Waals surface area contributed by atoms with E-state index in [2.05, 4.69) is 0 Å². The van der Waals surface area contributed by atoms with E-state index in [1.165, 1.54) is 31.3 Å². The van der Waals surface area contributed by atoms with Gasteiger partial charge in [0.2, 0.25) is 0 Å². The van der Waals surface area contributed by atoms with Crippen molar-refractivity contribution >= 4 is 21.5 Å². The first-order chi connectivity index (χ1) is 12.3. The third-order valence-electron chi connectivity index (χ3n) is 3.66. The third-order valence-corrected chi connectivity index (χ3v) is 5.51. The quantitative estimate of drug-likeness (QED) is 0.577. The fourth-order valence-electron chi connectivity index (χ4n) is 2.24. The van der Waals surface area contributed by atoms with Crippen molar-refractivity contribution in [2.45, 2.75) is 4.90 Å². The highest BCUT2D eigenvalue weighted by molar-refractivity contribution is 7.92. The van der Waals surface area contributed by atoms with Gasteiger partial charge in [-0.25, -0.2) is 8.42 Å². The molecule has 2 aromatic carbocycles. The Labute approximate surface area is 153 Å². The third kappa shape index (κ3) is 4.10. The van der Waals surface area contributed by atoms with Crippen LogP contribution in [-0.2, 0) is 10.0 Å². The number of nitrogens with zero attached hydrogens (tertiary/aromatic N) is 3. The fraction of sp³-hybridized carbons (Fsp3) is 0.158. The van der Waals surface area contributed by atoms with E-state index >= 15 is 0 Å². The molecule has 0 aromatic heterocycles. The number of benzene rings is 2. The van der Waals surface area contributed by atoms with Crippen molar-refractivity contribution in [2.24, 2.45) is 0 Å². The summed E-state index contributed by atoms with van der Waals surface area (Å²) in [6.45, 7) is 0. The first kappa shape index (κ1) is 19.2. The Morgan fingerprint density at radius 1 is 1.08 bits per heavy atom. The molecular formula is C19H19N3O3S. The monoisotopic (exact) mass is 369 g/mol. The summed E-state index contributed by atoms with van der Waals surface area (Å²) in [5.74, 6) is -0.233. The van der Waals surface area contributed by atoms with Gasteiger partial charge < -0.3 is 4.90 Å². The first-order valence-electron chi connectivity index (χ1n) is 7.74. The highest BCUT2D eigenvalue weighted by atomic mass is 32.2. The van der Waals surface area contributed by atoms with Crippen molar-refractivity contribution in [3.63, 3.8) is 0 Å². The summed E-state index contributed by atoms with van der Waals surface area (Å²) in [7, 11) is 1.06. The first-order valence-corrected chi connectivity index (χ1v) is 9.18. The normalized spacial score (nSPS) is 11.2. The zero-order valence-electron chi connectivity index (χ0n) is 14.7. The minimum Gasteiger partial charge on any atom is -0.383 e. The number of hydrogen-bond donors (Lipinski definition) is 0. The van der Waals surface area contributed by atoms with E-state index in [0.717, 1.165) is 4.31 Å². The molecule has 0 heterocycles. The lowest BCUT2D eigenvalue weighted by Crippen LogP contribution is -2.27. The minimum atomic E-state index is -3.93. The fourth-order valence-corrected chi connectivity index (χ4v) is 3.57. The van der Waals surface area contributed by atoms with Crippen LogP contribution in [-0.4, -0.2) is 40.2 Å². The lowest BCUT2D eigenvalue weighted by Gasteiger charge is -2.20. The predicted octanol–water partition coefficient (Wildman–Crippen LogP) is 2.64. The molecule has 2 rings (SSSR count). The second-order valence-electron chi connectivity index (χ2n) is 5.77. The summed E-state index contributed by atoms with van der Waals surface area (Å²) in [4.78, 5) is 13.9. The molecular weight excluding hydrogens is 350 g/mol. The molecule has 0 aliphatic heterocycles. The Kier molecular flexibility index (Phi) is 5.80. The van der Waals surface area contributed by atoms with E-state index in [-0.39, 0.29) is 16.2 Å². The Bertz CT molecular complexity index is 989. The molecule has 2 aromatic rings. The van der Waals surface area contributed by atoms with Crippen LogP contribution >= 0.6 is 0 Å². The van der Waals surface area contributed by atoms with Gasteiger partial charge >= 0.3 is 0 Å². The van der Waals surface area contributed by atoms with Crippen molar-refractivity contribution in [3.8, 4) is 6.07 Å². The van der Waals surface area contributed by atoms with Gasteiger partial charge in [0.25, 0.3) is 10.0 Å². The van der Waals surface area contributed by atoms with Gasteiger partial charge in [-0.2, -0.15) is 5.26 Å². The van der Waals surface area contributed by atoms with Crippen LogP contribution in [0.4, 0.5) is 5.69 Å². The average Bonchev–Trinajstić information content (AvgIpc) is 2.65. The highest BCUT2D eigenvalue weighted by Gasteiger charge is 2.24. The summed E-state index contributed by atoms with van der Waals surface area (Å²) in [5, 5.41) is 9.17. The SMILES string of the molecule is CN(C)/C=C/C(=O)c1cccc(N(C)S(=O)(=O)c2ccccc2C#N)c1. The van der Waals surface area contributed by atoms with Gasteiger partial charge in [-0.15, -0.1) is 0 Å². The number of allylic oxidation sites excluding steroid dienone is 1. The molecule has 0 saturated carbocycles. The van der Waals surface area contributed by atoms with Crippen LogP contribution in [0.15, 0.2) is 65.7 Å². The van der Waals surface area contributed by atoms with E-state index < -0.39 is 10.0 Å². The number of nitriles is 1. The van der Waals surface area contributed by atoms with E-state index in [4.69, 9.17) is 5.26 Å². The Balaban J connectivity index is 2.41. The maximum absolute atomic E-state index is 12.9. The molecule has 0 N–H and O–H groups in total. The van der Waals surface area contributed by atoms with Gasteiger partial charge in [-0.1, -0.05) is 24.3 Å². The van der Waals surface area contributed by atoms with E-state index in [1.54, 1.807) is 55.5 Å². The van der Waals surface area contributed by atoms with Gasteiger partial charge in [0.15, 0.2) is 5.78 Å². The Hall–Kier alpha value is -3.11. The molecule has 0 unspecified atom stereocenters. The summed E-state index contributed by atoms with van der Waals surface area (Å²) in [6, 6.07) is 14.2. The number of rotatable bonds is 6. The molecule has 0 spiro atoms. The molecule has 0 amide bonds. The van der Waals surface area contributed by atoms with Gasteiger partial charge in [0.05, 0.1) is 11.3 Å². The van der Waals surface area contributed by atoms with Gasteiger partial charge in [0, 0.05) is 39.0 Å². The Morgan fingerprint density at radius 3 is 2.42 bits per heavy atom. The molecule has 0 aliphatic rings. The molecule has 134 valence electrons. The Morgan fingerprint density at radius 2 is 1.77 bits per heavy atom. The molecule has 26 heavy (non-hydrogen) atoms. The number of carbonyl (C=O) groups is 1. The van der Waals surface area contributed by atoms with Crippen molar-refractivity contribution < 1.29 is 13.2 Å². The molecule has 0 atom stereocenters. The molecule has 7 heteroatoms. The number of hydrogen-bond acceptors (Lipinski definition) is 5. The average molecular weight is 369 g/mol. The number of ketones is 1. The molecule has 0 saturated heterocycles. The van der Waals surface area contributed by atoms with E-state index in [0.29, 0.717) is 11.3 Å². The molecule has 0 fully saturated rings. The molecule has 6 nitrogen and oxygen atoms in total. The zero-order valence-corrected chi connectivity index (χ0v) is 15.6. The van der Waals surface area contributed by atoms with Crippen molar-refractivity contribution in [1.82, 2.24) is 4.90 Å². The van der Waals surface area contributed by atoms with Gasteiger partial charge in [-0.05, 0) is 24.3 Å². The summed E-state index contributed by atoms with van der Waals surface area (Å²) >= 11 is 0. The predicted molar refractivity (Wildman–Crippen MR) is 100 cm³/mol. The van der Waals surface area contributed by atoms with E-state index in [1.807, 2.05) is 6.07 Å². The summed E-state index contributed by atoms with van der Waals surface area (Å²) in [5.41, 5.74) is 0.776. The lowest BCUT2D eigenvalue weighted by atomic mass is 10.1. The van der Waals surface area contributed by atoms with Crippen LogP contribution in [0.3, 0.4) is 0 Å². The lowest BCUT2D eigenvalue weighted by molar-refractivity contribution is 0.104. The smallest absolute Gasteiger partial charge is 0.265 e. The molecule has 0 bridgehead atoms. The van der Waals surface area contributed by atoms with Gasteiger partial charge in [-0.3, -0.25) is 9.10 Å².